The standard InChI is InChI=1S/C19H34/c1-2-3-4-5-6-7-8-9-10-11-14-19-15-12-18(17-19)13-16-19/h12,15,18H,2-11,13-14,16-17H2,1H3. The molecule has 1 fully saturated rings. The minimum Gasteiger partial charge on any atom is -0.0848 e. The summed E-state index contributed by atoms with van der Waals surface area (Å²) in [4.78, 5) is 0. The molecule has 0 spiro atoms. The molecule has 2 rings (SSSR count). The Labute approximate surface area is 121 Å². The lowest BCUT2D eigenvalue weighted by molar-refractivity contribution is 0.350. The van der Waals surface area contributed by atoms with Crippen LogP contribution >= 0.6 is 0 Å². The summed E-state index contributed by atoms with van der Waals surface area (Å²) in [5, 5.41) is 0. The molecule has 2 unspecified atom stereocenters. The molecule has 0 heteroatoms. The van der Waals surface area contributed by atoms with Crippen molar-refractivity contribution in [2.24, 2.45) is 11.3 Å². The highest BCUT2D eigenvalue weighted by molar-refractivity contribution is 5.15. The monoisotopic (exact) mass is 262 g/mol. The van der Waals surface area contributed by atoms with Gasteiger partial charge in [-0.25, -0.2) is 0 Å². The molecule has 0 aromatic heterocycles. The van der Waals surface area contributed by atoms with Crippen LogP contribution in [0.2, 0.25) is 0 Å². The minimum atomic E-state index is 0.671. The summed E-state index contributed by atoms with van der Waals surface area (Å²) in [6, 6.07) is 0. The zero-order valence-electron chi connectivity index (χ0n) is 13.1. The molecule has 0 nitrogen and oxygen atoms in total. The van der Waals surface area contributed by atoms with Crippen LogP contribution in [0.3, 0.4) is 0 Å². The van der Waals surface area contributed by atoms with Crippen molar-refractivity contribution in [1.82, 2.24) is 0 Å². The van der Waals surface area contributed by atoms with E-state index in [2.05, 4.69) is 19.1 Å². The topological polar surface area (TPSA) is 0 Å². The molecule has 0 N–H and O–H groups in total. The maximum Gasteiger partial charge on any atom is -0.0112 e. The van der Waals surface area contributed by atoms with Crippen molar-refractivity contribution < 1.29 is 0 Å². The van der Waals surface area contributed by atoms with Crippen LogP contribution in [0, 0.1) is 11.3 Å². The van der Waals surface area contributed by atoms with Crippen LogP contribution in [-0.2, 0) is 0 Å². The average molecular weight is 262 g/mol. The number of unbranched alkanes of at least 4 members (excludes halogenated alkanes) is 9. The third-order valence-corrected chi connectivity index (χ3v) is 5.43. The van der Waals surface area contributed by atoms with Gasteiger partial charge in [-0.05, 0) is 37.0 Å². The molecule has 0 saturated heterocycles. The summed E-state index contributed by atoms with van der Waals surface area (Å²) in [6.45, 7) is 2.30. The molecule has 2 atom stereocenters. The van der Waals surface area contributed by atoms with Gasteiger partial charge < -0.3 is 0 Å². The first-order valence-corrected chi connectivity index (χ1v) is 9.04. The Morgan fingerprint density at radius 2 is 1.53 bits per heavy atom. The first-order valence-electron chi connectivity index (χ1n) is 9.04. The maximum atomic E-state index is 2.56. The van der Waals surface area contributed by atoms with E-state index >= 15 is 0 Å². The third-order valence-electron chi connectivity index (χ3n) is 5.43. The van der Waals surface area contributed by atoms with Gasteiger partial charge in [0, 0.05) is 0 Å². The van der Waals surface area contributed by atoms with E-state index in [4.69, 9.17) is 0 Å². The molecule has 19 heavy (non-hydrogen) atoms. The van der Waals surface area contributed by atoms with E-state index < -0.39 is 0 Å². The van der Waals surface area contributed by atoms with E-state index in [0.29, 0.717) is 5.41 Å². The third kappa shape index (κ3) is 4.97. The Bertz CT molecular complexity index is 265. The first kappa shape index (κ1) is 15.1. The largest absolute Gasteiger partial charge is 0.0848 e. The number of fused-ring (bicyclic) bond motifs is 2. The Balaban J connectivity index is 1.38. The van der Waals surface area contributed by atoms with E-state index in [1.807, 2.05) is 0 Å². The zero-order chi connectivity index (χ0) is 13.4. The highest BCUT2D eigenvalue weighted by Crippen LogP contribution is 2.51. The summed E-state index contributed by atoms with van der Waals surface area (Å²) in [6.07, 6.45) is 25.7. The first-order chi connectivity index (χ1) is 9.35. The summed E-state index contributed by atoms with van der Waals surface area (Å²) in [7, 11) is 0. The number of rotatable bonds is 11. The van der Waals surface area contributed by atoms with Crippen molar-refractivity contribution in [1.29, 1.82) is 0 Å². The van der Waals surface area contributed by atoms with Crippen LogP contribution < -0.4 is 0 Å². The van der Waals surface area contributed by atoms with Gasteiger partial charge in [0.25, 0.3) is 0 Å². The van der Waals surface area contributed by atoms with Gasteiger partial charge >= 0.3 is 0 Å². The van der Waals surface area contributed by atoms with Crippen molar-refractivity contribution in [2.75, 3.05) is 0 Å². The molecule has 0 aliphatic heterocycles. The fourth-order valence-electron chi connectivity index (χ4n) is 4.13. The second kappa shape index (κ2) is 8.12. The Kier molecular flexibility index (Phi) is 6.47. The highest BCUT2D eigenvalue weighted by atomic mass is 14.4. The van der Waals surface area contributed by atoms with Crippen molar-refractivity contribution in [3.05, 3.63) is 12.2 Å². The summed E-state index contributed by atoms with van der Waals surface area (Å²) in [5.74, 6) is 0.961. The normalized spacial score (nSPS) is 28.4. The Morgan fingerprint density at radius 1 is 0.895 bits per heavy atom. The van der Waals surface area contributed by atoms with Crippen molar-refractivity contribution in [3.8, 4) is 0 Å². The van der Waals surface area contributed by atoms with E-state index in [1.165, 1.54) is 89.9 Å². The zero-order valence-corrected chi connectivity index (χ0v) is 13.1. The van der Waals surface area contributed by atoms with Gasteiger partial charge in [0.05, 0.1) is 0 Å². The molecule has 2 bridgehead atoms. The van der Waals surface area contributed by atoms with Crippen molar-refractivity contribution in [2.45, 2.75) is 96.8 Å². The number of allylic oxidation sites excluding steroid dienone is 2. The Morgan fingerprint density at radius 3 is 2.00 bits per heavy atom. The summed E-state index contributed by atoms with van der Waals surface area (Å²) >= 11 is 0. The van der Waals surface area contributed by atoms with Crippen LogP contribution in [-0.4, -0.2) is 0 Å². The SMILES string of the molecule is CCCCCCCCCCCCC12C=CC(CC1)C2. The van der Waals surface area contributed by atoms with Gasteiger partial charge in [0.2, 0.25) is 0 Å². The van der Waals surface area contributed by atoms with Crippen molar-refractivity contribution in [3.63, 3.8) is 0 Å². The highest BCUT2D eigenvalue weighted by Gasteiger charge is 2.39. The van der Waals surface area contributed by atoms with Crippen molar-refractivity contribution >= 4 is 0 Å². The molecular formula is C19H34. The fraction of sp³-hybridized carbons (Fsp3) is 0.895. The van der Waals surface area contributed by atoms with Crippen LogP contribution in [0.1, 0.15) is 96.8 Å². The average Bonchev–Trinajstić information content (AvgIpc) is 3.02. The quantitative estimate of drug-likeness (QED) is 0.289. The molecule has 2 aliphatic rings. The van der Waals surface area contributed by atoms with Gasteiger partial charge in [-0.3, -0.25) is 0 Å². The van der Waals surface area contributed by atoms with E-state index in [9.17, 15) is 0 Å². The second-order valence-electron chi connectivity index (χ2n) is 7.16. The molecule has 110 valence electrons. The molecule has 2 aliphatic carbocycles. The van der Waals surface area contributed by atoms with Crippen LogP contribution in [0.15, 0.2) is 12.2 Å². The maximum absolute atomic E-state index is 2.56. The van der Waals surface area contributed by atoms with Crippen LogP contribution in [0.4, 0.5) is 0 Å². The van der Waals surface area contributed by atoms with E-state index in [0.717, 1.165) is 5.92 Å². The minimum absolute atomic E-state index is 0.671. The second-order valence-corrected chi connectivity index (χ2v) is 7.16. The van der Waals surface area contributed by atoms with E-state index in [-0.39, 0.29) is 0 Å². The molecule has 0 heterocycles. The molecular weight excluding hydrogens is 228 g/mol. The Hall–Kier alpha value is -0.260. The lowest BCUT2D eigenvalue weighted by atomic mass is 9.82. The lowest BCUT2D eigenvalue weighted by Crippen LogP contribution is -2.10. The molecule has 0 radical (unpaired) electrons. The van der Waals surface area contributed by atoms with Gasteiger partial charge in [0.15, 0.2) is 0 Å². The predicted molar refractivity (Wildman–Crippen MR) is 85.4 cm³/mol. The van der Waals surface area contributed by atoms with Gasteiger partial charge in [-0.15, -0.1) is 0 Å². The molecule has 1 saturated carbocycles. The smallest absolute Gasteiger partial charge is 0.0112 e. The van der Waals surface area contributed by atoms with Gasteiger partial charge in [0.1, 0.15) is 0 Å². The van der Waals surface area contributed by atoms with Crippen LogP contribution in [0.5, 0.6) is 0 Å². The number of hydrogen-bond donors (Lipinski definition) is 0. The van der Waals surface area contributed by atoms with Gasteiger partial charge in [-0.2, -0.15) is 0 Å². The molecule has 0 aromatic rings. The van der Waals surface area contributed by atoms with Crippen LogP contribution in [0.25, 0.3) is 0 Å². The fourth-order valence-corrected chi connectivity index (χ4v) is 4.13. The summed E-state index contributed by atoms with van der Waals surface area (Å²) in [5.41, 5.74) is 0.671. The molecule has 0 aromatic carbocycles. The van der Waals surface area contributed by atoms with Gasteiger partial charge in [-0.1, -0.05) is 83.3 Å². The lowest BCUT2D eigenvalue weighted by Gasteiger charge is -2.23. The summed E-state index contributed by atoms with van der Waals surface area (Å²) < 4.78 is 0. The van der Waals surface area contributed by atoms with E-state index in [1.54, 1.807) is 0 Å². The number of hydrogen-bond acceptors (Lipinski definition) is 0. The molecule has 0 amide bonds. The predicted octanol–water partition coefficient (Wildman–Crippen LogP) is 6.65.